The average molecular weight is 261 g/mol. The lowest BCUT2D eigenvalue weighted by Gasteiger charge is -2.37. The number of benzene rings is 1. The van der Waals surface area contributed by atoms with Crippen LogP contribution in [0.15, 0.2) is 18.2 Å². The van der Waals surface area contributed by atoms with E-state index in [1.165, 1.54) is 24.0 Å². The van der Waals surface area contributed by atoms with Crippen LogP contribution in [0.5, 0.6) is 5.75 Å². The third-order valence-electron chi connectivity index (χ3n) is 4.36. The van der Waals surface area contributed by atoms with E-state index >= 15 is 0 Å². The first-order valence-electron chi connectivity index (χ1n) is 7.41. The van der Waals surface area contributed by atoms with Gasteiger partial charge < -0.3 is 9.84 Å². The van der Waals surface area contributed by atoms with E-state index in [0.29, 0.717) is 6.04 Å². The Morgan fingerprint density at radius 1 is 1.42 bits per heavy atom. The van der Waals surface area contributed by atoms with Gasteiger partial charge >= 0.3 is 0 Å². The maximum absolute atomic E-state index is 9.92. The van der Waals surface area contributed by atoms with Crippen molar-refractivity contribution in [2.24, 2.45) is 0 Å². The molecule has 2 atom stereocenters. The van der Waals surface area contributed by atoms with Crippen molar-refractivity contribution in [1.29, 1.82) is 0 Å². The molecule has 1 N–H and O–H groups in total. The van der Waals surface area contributed by atoms with Gasteiger partial charge in [0.2, 0.25) is 0 Å². The molecule has 0 amide bonds. The number of rotatable bonds is 3. The number of hydrogen-bond acceptors (Lipinski definition) is 3. The second-order valence-corrected chi connectivity index (χ2v) is 5.81. The highest BCUT2D eigenvalue weighted by Crippen LogP contribution is 2.28. The van der Waals surface area contributed by atoms with Crippen molar-refractivity contribution in [2.45, 2.75) is 51.3 Å². The zero-order valence-electron chi connectivity index (χ0n) is 11.6. The topological polar surface area (TPSA) is 32.7 Å². The quantitative estimate of drug-likeness (QED) is 0.906. The van der Waals surface area contributed by atoms with E-state index in [2.05, 4.69) is 23.1 Å². The summed E-state index contributed by atoms with van der Waals surface area (Å²) in [7, 11) is 0. The first-order valence-corrected chi connectivity index (χ1v) is 7.41. The number of hydrogen-bond donors (Lipinski definition) is 1. The lowest BCUT2D eigenvalue weighted by molar-refractivity contribution is 0.0316. The van der Waals surface area contributed by atoms with Gasteiger partial charge in [0.1, 0.15) is 5.75 Å². The molecule has 19 heavy (non-hydrogen) atoms. The highest BCUT2D eigenvalue weighted by molar-refractivity contribution is 5.39. The van der Waals surface area contributed by atoms with Crippen LogP contribution in [0.2, 0.25) is 0 Å². The van der Waals surface area contributed by atoms with Crippen molar-refractivity contribution in [3.05, 3.63) is 29.3 Å². The number of fused-ring (bicyclic) bond motifs is 1. The summed E-state index contributed by atoms with van der Waals surface area (Å²) < 4.78 is 5.55. The number of likely N-dealkylation sites (tertiary alicyclic amines) is 1. The van der Waals surface area contributed by atoms with Crippen LogP contribution >= 0.6 is 0 Å². The molecule has 1 fully saturated rings. The van der Waals surface area contributed by atoms with Gasteiger partial charge in [-0.3, -0.25) is 4.90 Å². The Labute approximate surface area is 115 Å². The Morgan fingerprint density at radius 2 is 2.32 bits per heavy atom. The van der Waals surface area contributed by atoms with Crippen molar-refractivity contribution < 1.29 is 9.84 Å². The van der Waals surface area contributed by atoms with E-state index in [9.17, 15) is 5.11 Å². The monoisotopic (exact) mass is 261 g/mol. The van der Waals surface area contributed by atoms with Crippen LogP contribution in [0, 0.1) is 0 Å². The second kappa shape index (κ2) is 5.51. The minimum Gasteiger partial charge on any atom is -0.493 e. The summed E-state index contributed by atoms with van der Waals surface area (Å²) in [6.07, 6.45) is 4.40. The maximum Gasteiger partial charge on any atom is 0.122 e. The van der Waals surface area contributed by atoms with Gasteiger partial charge in [0.25, 0.3) is 0 Å². The molecule has 0 aromatic heterocycles. The Balaban J connectivity index is 1.72. The summed E-state index contributed by atoms with van der Waals surface area (Å²) in [5.41, 5.74) is 2.68. The Morgan fingerprint density at radius 3 is 3.16 bits per heavy atom. The van der Waals surface area contributed by atoms with Crippen LogP contribution in [0.3, 0.4) is 0 Å². The van der Waals surface area contributed by atoms with Crippen molar-refractivity contribution in [3.8, 4) is 5.75 Å². The summed E-state index contributed by atoms with van der Waals surface area (Å²) in [4.78, 5) is 2.44. The highest BCUT2D eigenvalue weighted by atomic mass is 16.5. The molecule has 2 unspecified atom stereocenters. The van der Waals surface area contributed by atoms with E-state index in [1.807, 2.05) is 6.92 Å². The number of ether oxygens (including phenoxy) is 1. The zero-order chi connectivity index (χ0) is 13.2. The summed E-state index contributed by atoms with van der Waals surface area (Å²) in [6.45, 7) is 4.78. The molecule has 2 aliphatic heterocycles. The van der Waals surface area contributed by atoms with Crippen LogP contribution < -0.4 is 4.74 Å². The Hall–Kier alpha value is -1.06. The first-order chi connectivity index (χ1) is 9.24. The summed E-state index contributed by atoms with van der Waals surface area (Å²) in [5.74, 6) is 1.05. The van der Waals surface area contributed by atoms with E-state index in [-0.39, 0.29) is 6.10 Å². The number of piperidine rings is 1. The summed E-state index contributed by atoms with van der Waals surface area (Å²) >= 11 is 0. The van der Waals surface area contributed by atoms with Crippen LogP contribution in [-0.2, 0) is 13.0 Å². The molecule has 0 saturated carbocycles. The molecule has 0 spiro atoms. The van der Waals surface area contributed by atoms with Gasteiger partial charge in [-0.1, -0.05) is 18.6 Å². The number of aliphatic hydroxyl groups is 1. The third kappa shape index (κ3) is 2.77. The molecule has 3 rings (SSSR count). The van der Waals surface area contributed by atoms with Crippen molar-refractivity contribution in [2.75, 3.05) is 13.2 Å². The molecule has 2 aliphatic rings. The summed E-state index contributed by atoms with van der Waals surface area (Å²) in [6, 6.07) is 6.85. The molecule has 1 aromatic carbocycles. The molecule has 0 aliphatic carbocycles. The number of nitrogens with zero attached hydrogens (tertiary/aromatic N) is 1. The van der Waals surface area contributed by atoms with Gasteiger partial charge in [-0.05, 0) is 43.5 Å². The fraction of sp³-hybridized carbons (Fsp3) is 0.625. The van der Waals surface area contributed by atoms with E-state index in [4.69, 9.17) is 4.74 Å². The Kier molecular flexibility index (Phi) is 3.76. The maximum atomic E-state index is 9.92. The van der Waals surface area contributed by atoms with Crippen molar-refractivity contribution >= 4 is 0 Å². The van der Waals surface area contributed by atoms with Gasteiger partial charge in [-0.2, -0.15) is 0 Å². The molecule has 104 valence electrons. The number of aliphatic hydroxyl groups excluding tert-OH is 1. The van der Waals surface area contributed by atoms with E-state index in [0.717, 1.165) is 38.3 Å². The molecular weight excluding hydrogens is 238 g/mol. The molecule has 0 radical (unpaired) electrons. The molecule has 1 aromatic rings. The predicted octanol–water partition coefficient (Wildman–Crippen LogP) is 2.36. The highest BCUT2D eigenvalue weighted by Gasteiger charge is 2.26. The van der Waals surface area contributed by atoms with Gasteiger partial charge in [0.15, 0.2) is 0 Å². The van der Waals surface area contributed by atoms with Crippen molar-refractivity contribution in [1.82, 2.24) is 4.90 Å². The largest absolute Gasteiger partial charge is 0.493 e. The van der Waals surface area contributed by atoms with Crippen LogP contribution in [0.4, 0.5) is 0 Å². The van der Waals surface area contributed by atoms with E-state index in [1.54, 1.807) is 0 Å². The van der Waals surface area contributed by atoms with Gasteiger partial charge in [-0.15, -0.1) is 0 Å². The lowest BCUT2D eigenvalue weighted by atomic mass is 9.97. The van der Waals surface area contributed by atoms with Gasteiger partial charge in [-0.25, -0.2) is 0 Å². The lowest BCUT2D eigenvalue weighted by Crippen LogP contribution is -2.45. The second-order valence-electron chi connectivity index (χ2n) is 5.81. The molecule has 1 saturated heterocycles. The van der Waals surface area contributed by atoms with Crippen LogP contribution in [0.25, 0.3) is 0 Å². The van der Waals surface area contributed by atoms with Crippen LogP contribution in [-0.4, -0.2) is 35.3 Å². The fourth-order valence-corrected chi connectivity index (χ4v) is 3.33. The molecule has 3 heteroatoms. The minimum absolute atomic E-state index is 0.238. The minimum atomic E-state index is -0.238. The van der Waals surface area contributed by atoms with Crippen LogP contribution in [0.1, 0.15) is 37.3 Å². The zero-order valence-corrected chi connectivity index (χ0v) is 11.6. The van der Waals surface area contributed by atoms with Gasteiger partial charge in [0.05, 0.1) is 12.7 Å². The molecular formula is C16H23NO2. The summed E-state index contributed by atoms with van der Waals surface area (Å²) in [5, 5.41) is 9.92. The fourth-order valence-electron chi connectivity index (χ4n) is 3.33. The normalized spacial score (nSPS) is 24.8. The first kappa shape index (κ1) is 12.9. The smallest absolute Gasteiger partial charge is 0.122 e. The molecule has 3 nitrogen and oxygen atoms in total. The van der Waals surface area contributed by atoms with E-state index < -0.39 is 0 Å². The standard InChI is InChI=1S/C16H23NO2/c1-12(18)15-4-2-3-8-17(15)11-13-5-6-16-14(10-13)7-9-19-16/h5-6,10,12,15,18H,2-4,7-9,11H2,1H3. The average Bonchev–Trinajstić information content (AvgIpc) is 2.86. The Bertz CT molecular complexity index is 444. The van der Waals surface area contributed by atoms with Gasteiger partial charge in [0, 0.05) is 19.0 Å². The third-order valence-corrected chi connectivity index (χ3v) is 4.36. The predicted molar refractivity (Wildman–Crippen MR) is 75.4 cm³/mol. The molecule has 2 heterocycles. The molecule has 0 bridgehead atoms. The SMILES string of the molecule is CC(O)C1CCCCN1Cc1ccc2c(c1)CCO2. The van der Waals surface area contributed by atoms with Crippen molar-refractivity contribution in [3.63, 3.8) is 0 Å².